The van der Waals surface area contributed by atoms with Gasteiger partial charge >= 0.3 is 11.9 Å². The maximum absolute atomic E-state index is 12.7. The van der Waals surface area contributed by atoms with Crippen molar-refractivity contribution in [3.63, 3.8) is 0 Å². The molecule has 0 saturated carbocycles. The normalized spacial score (nSPS) is 9.95. The Kier molecular flexibility index (Phi) is 5.04. The van der Waals surface area contributed by atoms with Crippen molar-refractivity contribution in [2.45, 2.75) is 13.2 Å². The molecule has 2 aromatic carbocycles. The lowest BCUT2D eigenvalue weighted by Gasteiger charge is -2.06. The van der Waals surface area contributed by atoms with Crippen LogP contribution in [0.4, 0.5) is 4.39 Å². The van der Waals surface area contributed by atoms with Gasteiger partial charge in [0.15, 0.2) is 0 Å². The quantitative estimate of drug-likeness (QED) is 0.692. The van der Waals surface area contributed by atoms with Crippen LogP contribution in [0.3, 0.4) is 0 Å². The molecular weight excluding hydrogens is 273 g/mol. The highest BCUT2D eigenvalue weighted by atomic mass is 19.1. The van der Waals surface area contributed by atoms with Crippen LogP contribution in [0.1, 0.15) is 11.1 Å². The van der Waals surface area contributed by atoms with Crippen molar-refractivity contribution in [2.24, 2.45) is 0 Å². The Balaban J connectivity index is 1.77. The van der Waals surface area contributed by atoms with E-state index in [4.69, 9.17) is 4.74 Å². The van der Waals surface area contributed by atoms with Crippen molar-refractivity contribution in [3.05, 3.63) is 71.5 Å². The Bertz CT molecular complexity index is 611. The lowest BCUT2D eigenvalue weighted by atomic mass is 10.2. The van der Waals surface area contributed by atoms with Gasteiger partial charge in [0.25, 0.3) is 0 Å². The summed E-state index contributed by atoms with van der Waals surface area (Å²) in [7, 11) is 0. The average Bonchev–Trinajstić information content (AvgIpc) is 2.52. The van der Waals surface area contributed by atoms with Crippen molar-refractivity contribution in [1.82, 2.24) is 5.32 Å². The van der Waals surface area contributed by atoms with E-state index in [9.17, 15) is 14.0 Å². The highest BCUT2D eigenvalue weighted by molar-refractivity contribution is 6.32. The number of benzene rings is 2. The molecule has 0 aliphatic carbocycles. The molecule has 5 heteroatoms. The Hall–Kier alpha value is -2.69. The number of rotatable bonds is 4. The number of ether oxygens (including phenoxy) is 1. The summed E-state index contributed by atoms with van der Waals surface area (Å²) in [6.07, 6.45) is 0. The van der Waals surface area contributed by atoms with E-state index in [0.29, 0.717) is 5.56 Å². The molecule has 4 nitrogen and oxygen atoms in total. The minimum Gasteiger partial charge on any atom is -0.454 e. The van der Waals surface area contributed by atoms with E-state index in [1.165, 1.54) is 24.3 Å². The highest BCUT2D eigenvalue weighted by Gasteiger charge is 2.14. The third-order valence-corrected chi connectivity index (χ3v) is 2.76. The number of hydrogen-bond donors (Lipinski definition) is 1. The number of carbonyl (C=O) groups is 2. The number of esters is 1. The van der Waals surface area contributed by atoms with Gasteiger partial charge in [-0.3, -0.25) is 4.79 Å². The molecule has 0 spiro atoms. The SMILES string of the molecule is O=C(NCc1ccc(F)cc1)C(=O)OCc1ccccc1. The number of nitrogens with one attached hydrogen (secondary N) is 1. The number of hydrogen-bond acceptors (Lipinski definition) is 3. The van der Waals surface area contributed by atoms with E-state index >= 15 is 0 Å². The van der Waals surface area contributed by atoms with Gasteiger partial charge in [-0.2, -0.15) is 0 Å². The second-order valence-electron chi connectivity index (χ2n) is 4.37. The second-order valence-corrected chi connectivity index (χ2v) is 4.37. The molecule has 0 aromatic heterocycles. The van der Waals surface area contributed by atoms with Crippen LogP contribution in [0.25, 0.3) is 0 Å². The van der Waals surface area contributed by atoms with Crippen molar-refractivity contribution in [1.29, 1.82) is 0 Å². The third kappa shape index (κ3) is 4.72. The minimum absolute atomic E-state index is 0.0453. The Labute approximate surface area is 121 Å². The molecule has 21 heavy (non-hydrogen) atoms. The first kappa shape index (κ1) is 14.7. The molecule has 0 fully saturated rings. The Morgan fingerprint density at radius 3 is 2.29 bits per heavy atom. The first-order chi connectivity index (χ1) is 10.1. The molecule has 0 atom stereocenters. The lowest BCUT2D eigenvalue weighted by molar-refractivity contribution is -0.155. The topological polar surface area (TPSA) is 55.4 Å². The monoisotopic (exact) mass is 287 g/mol. The van der Waals surface area contributed by atoms with Crippen LogP contribution in [0.15, 0.2) is 54.6 Å². The molecule has 1 amide bonds. The summed E-state index contributed by atoms with van der Waals surface area (Å²) >= 11 is 0. The highest BCUT2D eigenvalue weighted by Crippen LogP contribution is 2.03. The van der Waals surface area contributed by atoms with Crippen molar-refractivity contribution >= 4 is 11.9 Å². The van der Waals surface area contributed by atoms with Crippen molar-refractivity contribution < 1.29 is 18.7 Å². The van der Waals surface area contributed by atoms with Gasteiger partial charge in [-0.15, -0.1) is 0 Å². The Morgan fingerprint density at radius 1 is 0.952 bits per heavy atom. The first-order valence-corrected chi connectivity index (χ1v) is 6.38. The fourth-order valence-corrected chi connectivity index (χ4v) is 1.65. The second kappa shape index (κ2) is 7.19. The van der Waals surface area contributed by atoms with E-state index in [0.717, 1.165) is 5.56 Å². The van der Waals surface area contributed by atoms with E-state index < -0.39 is 11.9 Å². The number of halogens is 1. The van der Waals surface area contributed by atoms with Crippen molar-refractivity contribution in [2.75, 3.05) is 0 Å². The molecule has 2 rings (SSSR count). The van der Waals surface area contributed by atoms with Gasteiger partial charge in [0, 0.05) is 6.54 Å². The fourth-order valence-electron chi connectivity index (χ4n) is 1.65. The third-order valence-electron chi connectivity index (χ3n) is 2.76. The minimum atomic E-state index is -0.944. The molecule has 0 unspecified atom stereocenters. The van der Waals surface area contributed by atoms with Crippen LogP contribution >= 0.6 is 0 Å². The molecular formula is C16H14FNO3. The Morgan fingerprint density at radius 2 is 1.62 bits per heavy atom. The predicted molar refractivity (Wildman–Crippen MR) is 74.5 cm³/mol. The zero-order valence-corrected chi connectivity index (χ0v) is 11.2. The van der Waals surface area contributed by atoms with Gasteiger partial charge in [-0.05, 0) is 23.3 Å². The van der Waals surface area contributed by atoms with Crippen molar-refractivity contribution in [3.8, 4) is 0 Å². The summed E-state index contributed by atoms with van der Waals surface area (Å²) in [6, 6.07) is 14.7. The number of carbonyl (C=O) groups excluding carboxylic acids is 2. The molecule has 0 bridgehead atoms. The average molecular weight is 287 g/mol. The molecule has 0 aliphatic heterocycles. The van der Waals surface area contributed by atoms with Gasteiger partial charge in [-0.1, -0.05) is 42.5 Å². The van der Waals surface area contributed by atoms with E-state index in [1.54, 1.807) is 12.1 Å². The maximum atomic E-state index is 12.7. The van der Waals surface area contributed by atoms with Gasteiger partial charge in [0.1, 0.15) is 12.4 Å². The molecule has 0 saturated heterocycles. The zero-order chi connectivity index (χ0) is 15.1. The fraction of sp³-hybridized carbons (Fsp3) is 0.125. The molecule has 1 N–H and O–H groups in total. The maximum Gasteiger partial charge on any atom is 0.397 e. The van der Waals surface area contributed by atoms with Gasteiger partial charge in [0.05, 0.1) is 0 Å². The lowest BCUT2D eigenvalue weighted by Crippen LogP contribution is -2.31. The predicted octanol–water partition coefficient (Wildman–Crippen LogP) is 2.19. The van der Waals surface area contributed by atoms with Crippen LogP contribution in [-0.2, 0) is 27.5 Å². The van der Waals surface area contributed by atoms with E-state index in [1.807, 2.05) is 18.2 Å². The summed E-state index contributed by atoms with van der Waals surface area (Å²) < 4.78 is 17.6. The van der Waals surface area contributed by atoms with Crippen LogP contribution < -0.4 is 5.32 Å². The summed E-state index contributed by atoms with van der Waals surface area (Å²) in [5.74, 6) is -2.12. The van der Waals surface area contributed by atoms with E-state index in [-0.39, 0.29) is 19.0 Å². The largest absolute Gasteiger partial charge is 0.454 e. The first-order valence-electron chi connectivity index (χ1n) is 6.38. The molecule has 0 radical (unpaired) electrons. The number of amides is 1. The molecule has 0 aliphatic rings. The molecule has 2 aromatic rings. The van der Waals surface area contributed by atoms with E-state index in [2.05, 4.69) is 5.32 Å². The zero-order valence-electron chi connectivity index (χ0n) is 11.2. The standard InChI is InChI=1S/C16H14FNO3/c17-14-8-6-12(7-9-14)10-18-15(19)16(20)21-11-13-4-2-1-3-5-13/h1-9H,10-11H2,(H,18,19). The van der Waals surface area contributed by atoms with Crippen LogP contribution in [0, 0.1) is 5.82 Å². The summed E-state index contributed by atoms with van der Waals surface area (Å²) in [5, 5.41) is 2.42. The molecule has 108 valence electrons. The smallest absolute Gasteiger partial charge is 0.397 e. The van der Waals surface area contributed by atoms with Gasteiger partial charge in [0.2, 0.25) is 0 Å². The summed E-state index contributed by atoms with van der Waals surface area (Å²) in [5.41, 5.74) is 1.50. The van der Waals surface area contributed by atoms with Crippen LogP contribution in [0.2, 0.25) is 0 Å². The summed E-state index contributed by atoms with van der Waals surface area (Å²) in [4.78, 5) is 23.0. The molecule has 0 heterocycles. The van der Waals surface area contributed by atoms with Crippen LogP contribution in [0.5, 0.6) is 0 Å². The van der Waals surface area contributed by atoms with Gasteiger partial charge in [-0.25, -0.2) is 9.18 Å². The summed E-state index contributed by atoms with van der Waals surface area (Å²) in [6.45, 7) is 0.184. The van der Waals surface area contributed by atoms with Gasteiger partial charge < -0.3 is 10.1 Å². The van der Waals surface area contributed by atoms with Crippen LogP contribution in [-0.4, -0.2) is 11.9 Å².